The molecule has 0 aliphatic carbocycles. The minimum atomic E-state index is 0.629. The highest BCUT2D eigenvalue weighted by Gasteiger charge is 2.04. The van der Waals surface area contributed by atoms with Crippen molar-refractivity contribution in [2.75, 3.05) is 29.8 Å². The zero-order valence-electron chi connectivity index (χ0n) is 10.4. The number of nitrogens with two attached hydrogens (primary N) is 1. The molecule has 0 radical (unpaired) electrons. The monoisotopic (exact) mass is 273 g/mol. The summed E-state index contributed by atoms with van der Waals surface area (Å²) in [5, 5.41) is 4.64. The highest BCUT2D eigenvalue weighted by atomic mass is 32.2. The van der Waals surface area contributed by atoms with Crippen molar-refractivity contribution in [1.82, 2.24) is 9.97 Å². The van der Waals surface area contributed by atoms with Crippen LogP contribution in [0.15, 0.2) is 11.2 Å². The maximum Gasteiger partial charge on any atom is 0.191 e. The van der Waals surface area contributed by atoms with E-state index in [9.17, 15) is 0 Å². The minimum absolute atomic E-state index is 0.629. The zero-order valence-corrected chi connectivity index (χ0v) is 12.0. The van der Waals surface area contributed by atoms with Crippen LogP contribution in [-0.2, 0) is 0 Å². The van der Waals surface area contributed by atoms with Gasteiger partial charge in [-0.05, 0) is 18.9 Å². The quantitative estimate of drug-likeness (QED) is 0.304. The van der Waals surface area contributed by atoms with Gasteiger partial charge in [0.05, 0.1) is 0 Å². The fourth-order valence-electron chi connectivity index (χ4n) is 1.20. The molecule has 1 rings (SSSR count). The van der Waals surface area contributed by atoms with E-state index < -0.39 is 0 Å². The van der Waals surface area contributed by atoms with Gasteiger partial charge >= 0.3 is 0 Å². The number of anilines is 2. The molecule has 0 aromatic carbocycles. The van der Waals surface area contributed by atoms with Crippen LogP contribution in [0.1, 0.15) is 13.3 Å². The molecule has 0 bridgehead atoms. The van der Waals surface area contributed by atoms with Crippen molar-refractivity contribution in [1.29, 1.82) is 0 Å². The van der Waals surface area contributed by atoms with Crippen LogP contribution in [0.5, 0.6) is 0 Å². The van der Waals surface area contributed by atoms with Gasteiger partial charge in [-0.1, -0.05) is 18.7 Å². The van der Waals surface area contributed by atoms with Crippen molar-refractivity contribution in [2.24, 2.45) is 5.84 Å². The van der Waals surface area contributed by atoms with Gasteiger partial charge in [-0.3, -0.25) is 0 Å². The van der Waals surface area contributed by atoms with E-state index in [-0.39, 0.29) is 0 Å². The molecule has 0 saturated heterocycles. The first-order chi connectivity index (χ1) is 8.19. The van der Waals surface area contributed by atoms with Gasteiger partial charge in [0.1, 0.15) is 11.6 Å². The standard InChI is InChI=1S/C10H19N5S2/c1-7(16-2)4-5-12-8-6-9(15-11)14-10(13-8)17-3/h6-7H,4-5,11H2,1-3H3,(H2,12,13,14,15). The summed E-state index contributed by atoms with van der Waals surface area (Å²) in [7, 11) is 0. The number of thioether (sulfide) groups is 2. The Morgan fingerprint density at radius 3 is 2.65 bits per heavy atom. The Morgan fingerprint density at radius 1 is 1.35 bits per heavy atom. The maximum absolute atomic E-state index is 5.36. The second kappa shape index (κ2) is 7.62. The summed E-state index contributed by atoms with van der Waals surface area (Å²) in [6.45, 7) is 3.11. The lowest BCUT2D eigenvalue weighted by Gasteiger charge is -2.11. The number of aromatic nitrogens is 2. The molecule has 96 valence electrons. The Morgan fingerprint density at radius 2 is 2.06 bits per heavy atom. The number of hydrogen-bond acceptors (Lipinski definition) is 7. The normalized spacial score (nSPS) is 12.2. The number of nitrogen functional groups attached to an aromatic ring is 1. The summed E-state index contributed by atoms with van der Waals surface area (Å²) in [6.07, 6.45) is 5.16. The molecule has 7 heteroatoms. The highest BCUT2D eigenvalue weighted by Crippen LogP contribution is 2.17. The molecule has 17 heavy (non-hydrogen) atoms. The third-order valence-corrected chi connectivity index (χ3v) is 3.88. The third-order valence-electron chi connectivity index (χ3n) is 2.30. The molecule has 4 N–H and O–H groups in total. The van der Waals surface area contributed by atoms with Crippen LogP contribution in [0, 0.1) is 0 Å². The summed E-state index contributed by atoms with van der Waals surface area (Å²) in [5.74, 6) is 6.80. The average Bonchev–Trinajstić information content (AvgIpc) is 2.37. The second-order valence-electron chi connectivity index (χ2n) is 3.53. The van der Waals surface area contributed by atoms with Gasteiger partial charge in [0.2, 0.25) is 0 Å². The van der Waals surface area contributed by atoms with Crippen LogP contribution >= 0.6 is 23.5 Å². The Kier molecular flexibility index (Phi) is 6.46. The van der Waals surface area contributed by atoms with E-state index in [0.29, 0.717) is 16.2 Å². The smallest absolute Gasteiger partial charge is 0.191 e. The molecule has 0 amide bonds. The van der Waals surface area contributed by atoms with E-state index in [1.165, 1.54) is 11.8 Å². The van der Waals surface area contributed by atoms with E-state index in [1.54, 1.807) is 0 Å². The Bertz CT molecular complexity index is 325. The predicted octanol–water partition coefficient (Wildman–Crippen LogP) is 2.04. The lowest BCUT2D eigenvalue weighted by Crippen LogP contribution is -2.12. The first-order valence-electron chi connectivity index (χ1n) is 5.36. The molecule has 1 aromatic rings. The third kappa shape index (κ3) is 5.01. The Hall–Kier alpha value is -0.660. The van der Waals surface area contributed by atoms with Crippen LogP contribution in [0.25, 0.3) is 0 Å². The summed E-state index contributed by atoms with van der Waals surface area (Å²) in [6, 6.07) is 1.81. The van der Waals surface area contributed by atoms with Crippen molar-refractivity contribution in [3.63, 3.8) is 0 Å². The van der Waals surface area contributed by atoms with Crippen LogP contribution < -0.4 is 16.6 Å². The average molecular weight is 273 g/mol. The number of hydrogen-bond donors (Lipinski definition) is 3. The highest BCUT2D eigenvalue weighted by molar-refractivity contribution is 7.99. The molecule has 0 spiro atoms. The lowest BCUT2D eigenvalue weighted by atomic mass is 10.3. The Balaban J connectivity index is 2.57. The molecule has 0 saturated carbocycles. The lowest BCUT2D eigenvalue weighted by molar-refractivity contribution is 0.843. The molecule has 0 aliphatic rings. The summed E-state index contributed by atoms with van der Waals surface area (Å²) >= 11 is 3.36. The zero-order chi connectivity index (χ0) is 12.7. The van der Waals surface area contributed by atoms with Crippen molar-refractivity contribution in [3.8, 4) is 0 Å². The van der Waals surface area contributed by atoms with E-state index in [1.807, 2.05) is 24.1 Å². The van der Waals surface area contributed by atoms with Crippen molar-refractivity contribution in [3.05, 3.63) is 6.07 Å². The largest absolute Gasteiger partial charge is 0.370 e. The maximum atomic E-state index is 5.36. The summed E-state index contributed by atoms with van der Waals surface area (Å²) in [5.41, 5.74) is 2.54. The SMILES string of the molecule is CSc1nc(NN)cc(NCCC(C)SC)n1. The van der Waals surface area contributed by atoms with Gasteiger partial charge in [-0.25, -0.2) is 15.8 Å². The first kappa shape index (κ1) is 14.4. The van der Waals surface area contributed by atoms with Crippen molar-refractivity contribution in [2.45, 2.75) is 23.8 Å². The summed E-state index contributed by atoms with van der Waals surface area (Å²) < 4.78 is 0. The van der Waals surface area contributed by atoms with E-state index in [4.69, 9.17) is 5.84 Å². The second-order valence-corrected chi connectivity index (χ2v) is 5.58. The number of rotatable bonds is 7. The minimum Gasteiger partial charge on any atom is -0.370 e. The molecule has 1 unspecified atom stereocenters. The van der Waals surface area contributed by atoms with Gasteiger partial charge in [-0.15, -0.1) is 0 Å². The van der Waals surface area contributed by atoms with Gasteiger partial charge in [0, 0.05) is 17.9 Å². The van der Waals surface area contributed by atoms with Crippen LogP contribution in [0.2, 0.25) is 0 Å². The van der Waals surface area contributed by atoms with Crippen LogP contribution in [0.3, 0.4) is 0 Å². The predicted molar refractivity (Wildman–Crippen MR) is 77.7 cm³/mol. The Labute approximate surface area is 111 Å². The summed E-state index contributed by atoms with van der Waals surface area (Å²) in [4.78, 5) is 8.56. The number of hydrazine groups is 1. The topological polar surface area (TPSA) is 75.9 Å². The first-order valence-corrected chi connectivity index (χ1v) is 7.87. The van der Waals surface area contributed by atoms with Crippen LogP contribution in [-0.4, -0.2) is 34.3 Å². The molecule has 0 fully saturated rings. The van der Waals surface area contributed by atoms with E-state index in [2.05, 4.69) is 33.9 Å². The molecule has 1 atom stereocenters. The van der Waals surface area contributed by atoms with E-state index >= 15 is 0 Å². The molecule has 0 aliphatic heterocycles. The molecular weight excluding hydrogens is 254 g/mol. The number of nitrogens with zero attached hydrogens (tertiary/aromatic N) is 2. The molecule has 1 heterocycles. The fourth-order valence-corrected chi connectivity index (χ4v) is 1.94. The van der Waals surface area contributed by atoms with Gasteiger partial charge in [0.25, 0.3) is 0 Å². The molecule has 5 nitrogen and oxygen atoms in total. The van der Waals surface area contributed by atoms with E-state index in [0.717, 1.165) is 18.8 Å². The van der Waals surface area contributed by atoms with Gasteiger partial charge in [-0.2, -0.15) is 11.8 Å². The fraction of sp³-hybridized carbons (Fsp3) is 0.600. The molecular formula is C10H19N5S2. The van der Waals surface area contributed by atoms with Gasteiger partial charge < -0.3 is 10.7 Å². The van der Waals surface area contributed by atoms with Crippen molar-refractivity contribution < 1.29 is 0 Å². The van der Waals surface area contributed by atoms with Crippen molar-refractivity contribution >= 4 is 35.2 Å². The van der Waals surface area contributed by atoms with Gasteiger partial charge in [0.15, 0.2) is 5.16 Å². The molecule has 1 aromatic heterocycles. The number of nitrogens with one attached hydrogen (secondary N) is 2. The van der Waals surface area contributed by atoms with Crippen LogP contribution in [0.4, 0.5) is 11.6 Å².